The Morgan fingerprint density at radius 1 is 1.00 bits per heavy atom. The average Bonchev–Trinajstić information content (AvgIpc) is 2.09. The molecule has 16 heavy (non-hydrogen) atoms. The summed E-state index contributed by atoms with van der Waals surface area (Å²) >= 11 is 5.33. The van der Waals surface area contributed by atoms with Gasteiger partial charge >= 0.3 is 10.2 Å². The molecule has 0 unspecified atom stereocenters. The van der Waals surface area contributed by atoms with Crippen molar-refractivity contribution in [3.05, 3.63) is 28.8 Å². The van der Waals surface area contributed by atoms with E-state index < -0.39 is 15.1 Å². The van der Waals surface area contributed by atoms with Crippen LogP contribution in [0.1, 0.15) is 19.4 Å². The van der Waals surface area contributed by atoms with Crippen molar-refractivity contribution in [2.75, 3.05) is 0 Å². The lowest BCUT2D eigenvalue weighted by Gasteiger charge is -2.40. The van der Waals surface area contributed by atoms with Gasteiger partial charge in [0.15, 0.2) is 0 Å². The maximum absolute atomic E-state index is 12.2. The summed E-state index contributed by atoms with van der Waals surface area (Å²) in [5.41, 5.74) is 0.317. The molecule has 7 heteroatoms. The molecule has 0 aliphatic rings. The molecule has 96 valence electrons. The summed E-state index contributed by atoms with van der Waals surface area (Å²) in [6, 6.07) is 1.50. The van der Waals surface area contributed by atoms with E-state index in [1.807, 2.05) is 13.8 Å². The summed E-state index contributed by atoms with van der Waals surface area (Å²) in [6.07, 6.45) is 0. The van der Waals surface area contributed by atoms with Gasteiger partial charge in [0, 0.05) is 5.02 Å². The number of halogens is 6. The lowest BCUT2D eigenvalue weighted by Crippen LogP contribution is -2.05. The second-order valence-electron chi connectivity index (χ2n) is 2.88. The molecule has 0 aliphatic carbocycles. The highest BCUT2D eigenvalue weighted by molar-refractivity contribution is 8.45. The fourth-order valence-corrected chi connectivity index (χ4v) is 1.72. The van der Waals surface area contributed by atoms with Crippen LogP contribution in [0.5, 0.6) is 0 Å². The minimum absolute atomic E-state index is 0.248. The van der Waals surface area contributed by atoms with Gasteiger partial charge in [0.25, 0.3) is 0 Å². The standard InChI is InChI=1S/C7H6ClF5S.C2H6/c1-5-2-3-6(4-7(5)8)14(9,10,11,12)13;1-2/h2-4H,1H3;1-2H3. The summed E-state index contributed by atoms with van der Waals surface area (Å²) < 4.78 is 61.0. The van der Waals surface area contributed by atoms with Crippen LogP contribution in [-0.4, -0.2) is 0 Å². The molecule has 1 rings (SSSR count). The molecule has 0 N–H and O–H groups in total. The van der Waals surface area contributed by atoms with Crippen LogP contribution in [-0.2, 0) is 0 Å². The van der Waals surface area contributed by atoms with Gasteiger partial charge in [0.05, 0.1) is 0 Å². The Balaban J connectivity index is 0.00000106. The molecule has 1 aromatic rings. The quantitative estimate of drug-likeness (QED) is 0.528. The van der Waals surface area contributed by atoms with Gasteiger partial charge in [-0.3, -0.25) is 0 Å². The Morgan fingerprint density at radius 2 is 1.44 bits per heavy atom. The zero-order chi connectivity index (χ0) is 13.3. The van der Waals surface area contributed by atoms with Crippen molar-refractivity contribution in [3.8, 4) is 0 Å². The maximum Gasteiger partial charge on any atom is 0.310 e. The largest absolute Gasteiger partial charge is 0.310 e. The van der Waals surface area contributed by atoms with Gasteiger partial charge in [-0.15, -0.1) is 0 Å². The minimum Gasteiger partial charge on any atom is -0.0936 e. The van der Waals surface area contributed by atoms with Crippen molar-refractivity contribution in [3.63, 3.8) is 0 Å². The van der Waals surface area contributed by atoms with E-state index in [1.165, 1.54) is 6.92 Å². The Kier molecular flexibility index (Phi) is 3.65. The number of rotatable bonds is 1. The van der Waals surface area contributed by atoms with E-state index in [4.69, 9.17) is 11.6 Å². The molecule has 0 saturated carbocycles. The van der Waals surface area contributed by atoms with E-state index in [-0.39, 0.29) is 11.1 Å². The Bertz CT molecular complexity index is 384. The SMILES string of the molecule is CC.Cc1ccc(S(F)(F)(F)(F)F)cc1Cl. The van der Waals surface area contributed by atoms with E-state index in [1.54, 1.807) is 0 Å². The number of hydrogen-bond donors (Lipinski definition) is 0. The molecular formula is C9H12ClF5S. The summed E-state index contributed by atoms with van der Waals surface area (Å²) in [7, 11) is -9.57. The first-order valence-electron chi connectivity index (χ1n) is 4.40. The van der Waals surface area contributed by atoms with Crippen LogP contribution in [0.15, 0.2) is 23.1 Å². The molecule has 0 atom stereocenters. The van der Waals surface area contributed by atoms with Crippen molar-refractivity contribution >= 4 is 21.8 Å². The van der Waals surface area contributed by atoms with E-state index in [2.05, 4.69) is 0 Å². The second kappa shape index (κ2) is 3.77. The Hall–Kier alpha value is -0.490. The first-order valence-corrected chi connectivity index (χ1v) is 6.73. The van der Waals surface area contributed by atoms with Gasteiger partial charge in [0.2, 0.25) is 0 Å². The normalized spacial score (nSPS) is 15.6. The zero-order valence-corrected chi connectivity index (χ0v) is 10.5. The molecule has 0 aliphatic heterocycles. The smallest absolute Gasteiger partial charge is 0.0936 e. The average molecular weight is 283 g/mol. The van der Waals surface area contributed by atoms with Gasteiger partial charge in [-0.05, 0) is 24.6 Å². The van der Waals surface area contributed by atoms with Crippen molar-refractivity contribution in [1.82, 2.24) is 0 Å². The number of aryl methyl sites for hydroxylation is 1. The molecule has 0 nitrogen and oxygen atoms in total. The third kappa shape index (κ3) is 4.17. The maximum atomic E-state index is 12.2. The van der Waals surface area contributed by atoms with Crippen LogP contribution in [0, 0.1) is 6.92 Å². The van der Waals surface area contributed by atoms with Crippen LogP contribution >= 0.6 is 21.8 Å². The van der Waals surface area contributed by atoms with Crippen LogP contribution in [0.4, 0.5) is 19.4 Å². The highest BCUT2D eigenvalue weighted by Crippen LogP contribution is 3.02. The third-order valence-corrected chi connectivity index (χ3v) is 3.14. The summed E-state index contributed by atoms with van der Waals surface area (Å²) in [6.45, 7) is 5.43. The first kappa shape index (κ1) is 15.5. The molecule has 1 aromatic carbocycles. The van der Waals surface area contributed by atoms with Crippen LogP contribution in [0.3, 0.4) is 0 Å². The zero-order valence-electron chi connectivity index (χ0n) is 8.91. The fourth-order valence-electron chi connectivity index (χ4n) is 0.814. The van der Waals surface area contributed by atoms with Crippen molar-refractivity contribution in [1.29, 1.82) is 0 Å². The summed E-state index contributed by atoms with van der Waals surface area (Å²) in [4.78, 5) is -1.96. The molecule has 0 heterocycles. The second-order valence-corrected chi connectivity index (χ2v) is 5.70. The van der Waals surface area contributed by atoms with Crippen LogP contribution in [0.25, 0.3) is 0 Å². The number of benzene rings is 1. The van der Waals surface area contributed by atoms with Crippen LogP contribution < -0.4 is 0 Å². The fraction of sp³-hybridized carbons (Fsp3) is 0.333. The first-order chi connectivity index (χ1) is 6.90. The highest BCUT2D eigenvalue weighted by Gasteiger charge is 2.65. The lowest BCUT2D eigenvalue weighted by atomic mass is 10.2. The van der Waals surface area contributed by atoms with Gasteiger partial charge in [-0.2, -0.15) is 0 Å². The van der Waals surface area contributed by atoms with Crippen molar-refractivity contribution < 1.29 is 19.4 Å². The predicted molar refractivity (Wildman–Crippen MR) is 58.9 cm³/mol. The molecule has 0 amide bonds. The number of hydrogen-bond acceptors (Lipinski definition) is 0. The van der Waals surface area contributed by atoms with Gasteiger partial charge in [-0.1, -0.05) is 50.9 Å². The van der Waals surface area contributed by atoms with E-state index in [0.29, 0.717) is 11.6 Å². The van der Waals surface area contributed by atoms with Gasteiger partial charge < -0.3 is 0 Å². The summed E-state index contributed by atoms with van der Waals surface area (Å²) in [5.74, 6) is 0. The van der Waals surface area contributed by atoms with Crippen molar-refractivity contribution in [2.24, 2.45) is 0 Å². The third-order valence-electron chi connectivity index (χ3n) is 1.59. The molecular weight excluding hydrogens is 271 g/mol. The lowest BCUT2D eigenvalue weighted by molar-refractivity contribution is 0.364. The molecule has 0 saturated heterocycles. The van der Waals surface area contributed by atoms with E-state index in [9.17, 15) is 19.4 Å². The molecule has 0 bridgehead atoms. The monoisotopic (exact) mass is 282 g/mol. The molecule has 0 radical (unpaired) electrons. The summed E-state index contributed by atoms with van der Waals surface area (Å²) in [5, 5.41) is -0.323. The molecule has 0 aromatic heterocycles. The van der Waals surface area contributed by atoms with Gasteiger partial charge in [-0.25, -0.2) is 0 Å². The topological polar surface area (TPSA) is 0 Å². The van der Waals surface area contributed by atoms with Gasteiger partial charge in [0.1, 0.15) is 4.90 Å². The van der Waals surface area contributed by atoms with Crippen molar-refractivity contribution in [2.45, 2.75) is 25.7 Å². The van der Waals surface area contributed by atoms with E-state index in [0.717, 1.165) is 6.07 Å². The highest BCUT2D eigenvalue weighted by atomic mass is 35.5. The van der Waals surface area contributed by atoms with E-state index >= 15 is 0 Å². The molecule has 0 fully saturated rings. The minimum atomic E-state index is -9.57. The Labute approximate surface area is 96.1 Å². The Morgan fingerprint density at radius 3 is 1.75 bits per heavy atom. The predicted octanol–water partition coefficient (Wildman–Crippen LogP) is 6.33. The molecule has 0 spiro atoms. The van der Waals surface area contributed by atoms with Crippen LogP contribution in [0.2, 0.25) is 5.02 Å².